The molecule has 1 unspecified atom stereocenters. The molecule has 104 valence electrons. The number of hydrogen-bond acceptors (Lipinski definition) is 3. The predicted molar refractivity (Wildman–Crippen MR) is 84.3 cm³/mol. The molecule has 1 N–H and O–H groups in total. The molecule has 0 aliphatic rings. The Labute approximate surface area is 130 Å². The molecule has 0 saturated heterocycles. The SMILES string of the molecule is CC(Nc1ccc([N+](=O)[O-])c(Br)c1)c1cccc(Cl)c1. The molecule has 20 heavy (non-hydrogen) atoms. The highest BCUT2D eigenvalue weighted by molar-refractivity contribution is 9.10. The zero-order valence-corrected chi connectivity index (χ0v) is 13.0. The summed E-state index contributed by atoms with van der Waals surface area (Å²) in [5, 5.41) is 14.7. The van der Waals surface area contributed by atoms with Crippen LogP contribution in [0.3, 0.4) is 0 Å². The minimum absolute atomic E-state index is 0.0436. The maximum atomic E-state index is 10.8. The fraction of sp³-hybridized carbons (Fsp3) is 0.143. The molecule has 4 nitrogen and oxygen atoms in total. The number of rotatable bonds is 4. The summed E-state index contributed by atoms with van der Waals surface area (Å²) >= 11 is 9.17. The largest absolute Gasteiger partial charge is 0.378 e. The van der Waals surface area contributed by atoms with Crippen molar-refractivity contribution in [1.82, 2.24) is 0 Å². The smallest absolute Gasteiger partial charge is 0.283 e. The summed E-state index contributed by atoms with van der Waals surface area (Å²) < 4.78 is 0.450. The highest BCUT2D eigenvalue weighted by Crippen LogP contribution is 2.29. The molecule has 6 heteroatoms. The Kier molecular flexibility index (Phi) is 4.62. The standard InChI is InChI=1S/C14H12BrClN2O2/c1-9(10-3-2-4-11(16)7-10)17-12-5-6-14(18(19)20)13(15)8-12/h2-9,17H,1H3. The van der Waals surface area contributed by atoms with Crippen molar-refractivity contribution in [2.45, 2.75) is 13.0 Å². The molecule has 0 amide bonds. The quantitative estimate of drug-likeness (QED) is 0.607. The van der Waals surface area contributed by atoms with Gasteiger partial charge in [0.25, 0.3) is 5.69 Å². The fourth-order valence-corrected chi connectivity index (χ4v) is 2.58. The molecule has 2 aromatic carbocycles. The molecule has 0 aromatic heterocycles. The molecule has 0 saturated carbocycles. The van der Waals surface area contributed by atoms with Crippen LogP contribution in [0, 0.1) is 10.1 Å². The first-order valence-electron chi connectivity index (χ1n) is 5.93. The van der Waals surface area contributed by atoms with Crippen LogP contribution in [-0.2, 0) is 0 Å². The van der Waals surface area contributed by atoms with Gasteiger partial charge in [-0.25, -0.2) is 0 Å². The van der Waals surface area contributed by atoms with E-state index in [1.165, 1.54) is 6.07 Å². The van der Waals surface area contributed by atoms with Crippen molar-refractivity contribution in [3.8, 4) is 0 Å². The van der Waals surface area contributed by atoms with E-state index in [4.69, 9.17) is 11.6 Å². The van der Waals surface area contributed by atoms with Gasteiger partial charge in [-0.2, -0.15) is 0 Å². The average molecular weight is 356 g/mol. The van der Waals surface area contributed by atoms with E-state index < -0.39 is 4.92 Å². The monoisotopic (exact) mass is 354 g/mol. The van der Waals surface area contributed by atoms with E-state index in [-0.39, 0.29) is 11.7 Å². The van der Waals surface area contributed by atoms with Gasteiger partial charge >= 0.3 is 0 Å². The molecule has 2 aromatic rings. The minimum atomic E-state index is -0.422. The lowest BCUT2D eigenvalue weighted by Crippen LogP contribution is -2.06. The Morgan fingerprint density at radius 1 is 1.30 bits per heavy atom. The number of benzene rings is 2. The molecular weight excluding hydrogens is 344 g/mol. The third-order valence-corrected chi connectivity index (χ3v) is 3.75. The first-order valence-corrected chi connectivity index (χ1v) is 7.10. The maximum absolute atomic E-state index is 10.8. The van der Waals surface area contributed by atoms with Crippen molar-refractivity contribution >= 4 is 38.9 Å². The number of halogens is 2. The van der Waals surface area contributed by atoms with Gasteiger partial charge in [-0.15, -0.1) is 0 Å². The summed E-state index contributed by atoms with van der Waals surface area (Å²) in [5.74, 6) is 0. The molecular formula is C14H12BrClN2O2. The van der Waals surface area contributed by atoms with E-state index in [1.807, 2.05) is 31.2 Å². The number of anilines is 1. The van der Waals surface area contributed by atoms with Crippen LogP contribution in [0.4, 0.5) is 11.4 Å². The minimum Gasteiger partial charge on any atom is -0.378 e. The van der Waals surface area contributed by atoms with Gasteiger partial charge in [-0.1, -0.05) is 23.7 Å². The number of nitrogens with one attached hydrogen (secondary N) is 1. The van der Waals surface area contributed by atoms with E-state index in [0.717, 1.165) is 11.3 Å². The van der Waals surface area contributed by atoms with Gasteiger partial charge in [-0.3, -0.25) is 10.1 Å². The van der Waals surface area contributed by atoms with Crippen LogP contribution in [0.25, 0.3) is 0 Å². The van der Waals surface area contributed by atoms with Crippen molar-refractivity contribution in [1.29, 1.82) is 0 Å². The van der Waals surface area contributed by atoms with E-state index in [0.29, 0.717) is 9.50 Å². The van der Waals surface area contributed by atoms with Crippen LogP contribution in [-0.4, -0.2) is 4.92 Å². The average Bonchev–Trinajstić information content (AvgIpc) is 2.38. The van der Waals surface area contributed by atoms with Gasteiger partial charge in [0.15, 0.2) is 0 Å². The molecule has 0 aliphatic carbocycles. The molecule has 0 bridgehead atoms. The normalized spacial score (nSPS) is 11.9. The van der Waals surface area contributed by atoms with E-state index in [9.17, 15) is 10.1 Å². The van der Waals surface area contributed by atoms with Gasteiger partial charge < -0.3 is 5.32 Å². The molecule has 0 spiro atoms. The lowest BCUT2D eigenvalue weighted by molar-refractivity contribution is -0.385. The van der Waals surface area contributed by atoms with Crippen LogP contribution in [0.15, 0.2) is 46.9 Å². The Balaban J connectivity index is 2.18. The summed E-state index contributed by atoms with van der Waals surface area (Å²) in [6.07, 6.45) is 0. The second-order valence-electron chi connectivity index (χ2n) is 4.34. The Morgan fingerprint density at radius 3 is 2.65 bits per heavy atom. The number of nitrogens with zero attached hydrogens (tertiary/aromatic N) is 1. The summed E-state index contributed by atoms with van der Waals surface area (Å²) in [7, 11) is 0. The van der Waals surface area contributed by atoms with E-state index in [2.05, 4.69) is 21.2 Å². The van der Waals surface area contributed by atoms with Crippen molar-refractivity contribution in [2.75, 3.05) is 5.32 Å². The summed E-state index contributed by atoms with van der Waals surface area (Å²) in [5.41, 5.74) is 1.90. The number of nitro benzene ring substituents is 1. The second-order valence-corrected chi connectivity index (χ2v) is 5.64. The van der Waals surface area contributed by atoms with Crippen molar-refractivity contribution in [3.05, 3.63) is 67.6 Å². The van der Waals surface area contributed by atoms with E-state index in [1.54, 1.807) is 12.1 Å². The molecule has 0 radical (unpaired) electrons. The summed E-state index contributed by atoms with van der Waals surface area (Å²) in [4.78, 5) is 10.3. The first kappa shape index (κ1) is 14.8. The second kappa shape index (κ2) is 6.24. The fourth-order valence-electron chi connectivity index (χ4n) is 1.85. The van der Waals surface area contributed by atoms with Crippen molar-refractivity contribution in [3.63, 3.8) is 0 Å². The van der Waals surface area contributed by atoms with Crippen LogP contribution in [0.2, 0.25) is 5.02 Å². The van der Waals surface area contributed by atoms with Crippen molar-refractivity contribution in [2.24, 2.45) is 0 Å². The maximum Gasteiger partial charge on any atom is 0.283 e. The molecule has 0 fully saturated rings. The highest BCUT2D eigenvalue weighted by atomic mass is 79.9. The Morgan fingerprint density at radius 2 is 2.05 bits per heavy atom. The highest BCUT2D eigenvalue weighted by Gasteiger charge is 2.13. The lowest BCUT2D eigenvalue weighted by atomic mass is 10.1. The topological polar surface area (TPSA) is 55.2 Å². The van der Waals surface area contributed by atoms with Gasteiger partial charge in [0.05, 0.1) is 9.40 Å². The zero-order valence-electron chi connectivity index (χ0n) is 10.6. The zero-order chi connectivity index (χ0) is 14.7. The molecule has 2 rings (SSSR count). The third kappa shape index (κ3) is 3.49. The lowest BCUT2D eigenvalue weighted by Gasteiger charge is -2.16. The van der Waals surface area contributed by atoms with Gasteiger partial charge in [0.1, 0.15) is 0 Å². The number of hydrogen-bond donors (Lipinski definition) is 1. The predicted octanol–water partition coefficient (Wildman–Crippen LogP) is 5.18. The molecule has 1 atom stereocenters. The van der Waals surface area contributed by atoms with Gasteiger partial charge in [0.2, 0.25) is 0 Å². The van der Waals surface area contributed by atoms with Crippen LogP contribution in [0.5, 0.6) is 0 Å². The molecule has 0 heterocycles. The van der Waals surface area contributed by atoms with Crippen LogP contribution >= 0.6 is 27.5 Å². The van der Waals surface area contributed by atoms with Crippen LogP contribution < -0.4 is 5.32 Å². The third-order valence-electron chi connectivity index (χ3n) is 2.88. The first-order chi connectivity index (χ1) is 9.47. The number of nitro groups is 1. The molecule has 0 aliphatic heterocycles. The summed E-state index contributed by atoms with van der Waals surface area (Å²) in [6, 6.07) is 12.5. The van der Waals surface area contributed by atoms with Crippen LogP contribution in [0.1, 0.15) is 18.5 Å². The summed E-state index contributed by atoms with van der Waals surface area (Å²) in [6.45, 7) is 2.00. The van der Waals surface area contributed by atoms with E-state index >= 15 is 0 Å². The Bertz CT molecular complexity index is 649. The van der Waals surface area contributed by atoms with Crippen molar-refractivity contribution < 1.29 is 4.92 Å². The van der Waals surface area contributed by atoms with Gasteiger partial charge in [0, 0.05) is 22.8 Å². The van der Waals surface area contributed by atoms with Gasteiger partial charge in [-0.05, 0) is 52.7 Å². The Hall–Kier alpha value is -1.59.